The fourth-order valence-electron chi connectivity index (χ4n) is 2.79. The Hall–Kier alpha value is -3.61. The van der Waals surface area contributed by atoms with Gasteiger partial charge in [0.25, 0.3) is 5.91 Å². The summed E-state index contributed by atoms with van der Waals surface area (Å²) in [4.78, 5) is 24.4. The fourth-order valence-corrected chi connectivity index (χ4v) is 2.79. The van der Waals surface area contributed by atoms with Crippen LogP contribution in [0, 0.1) is 5.82 Å². The van der Waals surface area contributed by atoms with E-state index in [1.165, 1.54) is 25.1 Å². The average molecular weight is 411 g/mol. The third-order valence-electron chi connectivity index (χ3n) is 4.47. The summed E-state index contributed by atoms with van der Waals surface area (Å²) in [5.74, 6) is -0.813. The van der Waals surface area contributed by atoms with E-state index in [4.69, 9.17) is 13.9 Å². The summed E-state index contributed by atoms with van der Waals surface area (Å²) in [6.45, 7) is 1.87. The average Bonchev–Trinajstić information content (AvgIpc) is 3.24. The van der Waals surface area contributed by atoms with Crippen molar-refractivity contribution >= 4 is 11.9 Å². The molecule has 3 aromatic rings. The summed E-state index contributed by atoms with van der Waals surface area (Å²) >= 11 is 0. The molecule has 0 aliphatic rings. The van der Waals surface area contributed by atoms with Gasteiger partial charge in [0.15, 0.2) is 6.10 Å². The molecule has 0 aliphatic heterocycles. The fraction of sp³-hybridized carbons (Fsp3) is 0.217. The molecule has 2 aromatic carbocycles. The molecule has 3 rings (SSSR count). The Morgan fingerprint density at radius 3 is 2.50 bits per heavy atom. The van der Waals surface area contributed by atoms with Crippen LogP contribution < -0.4 is 10.1 Å². The number of furan rings is 1. The maximum Gasteiger partial charge on any atom is 0.375 e. The molecule has 1 aromatic heterocycles. The number of amides is 1. The molecule has 30 heavy (non-hydrogen) atoms. The third-order valence-corrected chi connectivity index (χ3v) is 4.47. The van der Waals surface area contributed by atoms with E-state index < -0.39 is 23.8 Å². The van der Waals surface area contributed by atoms with Crippen LogP contribution in [0.2, 0.25) is 0 Å². The number of ether oxygens (including phenoxy) is 2. The number of hydrogen-bond acceptors (Lipinski definition) is 5. The van der Waals surface area contributed by atoms with Crippen LogP contribution in [0.5, 0.6) is 5.75 Å². The lowest BCUT2D eigenvalue weighted by atomic mass is 10.1. The van der Waals surface area contributed by atoms with E-state index in [9.17, 15) is 14.0 Å². The van der Waals surface area contributed by atoms with Gasteiger partial charge in [-0.1, -0.05) is 24.3 Å². The molecule has 0 aliphatic carbocycles. The first-order valence-corrected chi connectivity index (χ1v) is 9.44. The van der Waals surface area contributed by atoms with E-state index in [2.05, 4.69) is 5.32 Å². The second-order valence-electron chi connectivity index (χ2n) is 6.58. The number of esters is 1. The number of hydrogen-bond donors (Lipinski definition) is 1. The quantitative estimate of drug-likeness (QED) is 0.567. The van der Waals surface area contributed by atoms with Crippen LogP contribution in [-0.2, 0) is 16.0 Å². The molecule has 1 atom stereocenters. The molecule has 0 saturated carbocycles. The van der Waals surface area contributed by atoms with Crippen molar-refractivity contribution in [2.24, 2.45) is 0 Å². The van der Waals surface area contributed by atoms with Gasteiger partial charge >= 0.3 is 5.97 Å². The van der Waals surface area contributed by atoms with Gasteiger partial charge < -0.3 is 19.2 Å². The van der Waals surface area contributed by atoms with Crippen molar-refractivity contribution in [1.82, 2.24) is 5.32 Å². The molecule has 1 heterocycles. The first-order valence-electron chi connectivity index (χ1n) is 9.44. The number of benzene rings is 2. The maximum absolute atomic E-state index is 13.8. The molecule has 1 amide bonds. The molecule has 7 heteroatoms. The van der Waals surface area contributed by atoms with Gasteiger partial charge in [0.2, 0.25) is 5.76 Å². The van der Waals surface area contributed by atoms with Gasteiger partial charge in [0, 0.05) is 6.54 Å². The SMILES string of the molecule is COc1ccc(CCNC(=O)[C@@H](C)OC(=O)c2ccc(-c3ccccc3F)o2)cc1. The minimum Gasteiger partial charge on any atom is -0.497 e. The molecule has 0 unspecified atom stereocenters. The first kappa shape index (κ1) is 21.1. The third kappa shape index (κ3) is 5.26. The van der Waals surface area contributed by atoms with Gasteiger partial charge in [-0.3, -0.25) is 4.79 Å². The molecule has 0 fully saturated rings. The minimum atomic E-state index is -1.00. The van der Waals surface area contributed by atoms with Crippen LogP contribution in [0.4, 0.5) is 4.39 Å². The molecule has 0 spiro atoms. The Morgan fingerprint density at radius 1 is 1.07 bits per heavy atom. The highest BCUT2D eigenvalue weighted by Gasteiger charge is 2.21. The predicted octanol–water partition coefficient (Wildman–Crippen LogP) is 4.00. The van der Waals surface area contributed by atoms with Gasteiger partial charge in [-0.05, 0) is 55.3 Å². The van der Waals surface area contributed by atoms with Crippen molar-refractivity contribution in [2.75, 3.05) is 13.7 Å². The molecule has 0 bridgehead atoms. The van der Waals surface area contributed by atoms with E-state index in [1.807, 2.05) is 24.3 Å². The number of carbonyl (C=O) groups excluding carboxylic acids is 2. The molecular weight excluding hydrogens is 389 g/mol. The molecular formula is C23H22FNO5. The van der Waals surface area contributed by atoms with Crippen LogP contribution in [0.15, 0.2) is 65.1 Å². The van der Waals surface area contributed by atoms with Crippen LogP contribution in [0.1, 0.15) is 23.0 Å². The van der Waals surface area contributed by atoms with Crippen LogP contribution in [0.25, 0.3) is 11.3 Å². The standard InChI is InChI=1S/C23H22FNO5/c1-15(22(26)25-14-13-16-7-9-17(28-2)10-8-16)29-23(27)21-12-11-20(30-21)18-5-3-4-6-19(18)24/h3-12,15H,13-14H2,1-2H3,(H,25,26)/t15-/m1/s1. The van der Waals surface area contributed by atoms with Crippen LogP contribution >= 0.6 is 0 Å². The van der Waals surface area contributed by atoms with Crippen molar-refractivity contribution in [3.63, 3.8) is 0 Å². The molecule has 0 saturated heterocycles. The molecule has 1 N–H and O–H groups in total. The van der Waals surface area contributed by atoms with Gasteiger partial charge in [-0.25, -0.2) is 9.18 Å². The zero-order chi connectivity index (χ0) is 21.5. The topological polar surface area (TPSA) is 77.8 Å². The number of carbonyl (C=O) groups is 2. The smallest absolute Gasteiger partial charge is 0.375 e. The lowest BCUT2D eigenvalue weighted by molar-refractivity contribution is -0.129. The number of rotatable bonds is 8. The van der Waals surface area contributed by atoms with E-state index in [0.717, 1.165) is 11.3 Å². The Balaban J connectivity index is 1.50. The summed E-state index contributed by atoms with van der Waals surface area (Å²) in [7, 11) is 1.60. The van der Waals surface area contributed by atoms with Crippen molar-refractivity contribution in [2.45, 2.75) is 19.4 Å². The van der Waals surface area contributed by atoms with Gasteiger partial charge in [0.05, 0.1) is 12.7 Å². The molecule has 0 radical (unpaired) electrons. The van der Waals surface area contributed by atoms with Gasteiger partial charge in [-0.15, -0.1) is 0 Å². The van der Waals surface area contributed by atoms with E-state index in [-0.39, 0.29) is 17.1 Å². The second kappa shape index (κ2) is 9.73. The van der Waals surface area contributed by atoms with Crippen LogP contribution in [-0.4, -0.2) is 31.6 Å². The monoisotopic (exact) mass is 411 g/mol. The van der Waals surface area contributed by atoms with E-state index >= 15 is 0 Å². The van der Waals surface area contributed by atoms with E-state index in [1.54, 1.807) is 25.3 Å². The van der Waals surface area contributed by atoms with Gasteiger partial charge in [0.1, 0.15) is 17.3 Å². The van der Waals surface area contributed by atoms with Gasteiger partial charge in [-0.2, -0.15) is 0 Å². The van der Waals surface area contributed by atoms with Crippen molar-refractivity contribution in [3.8, 4) is 17.1 Å². The lowest BCUT2D eigenvalue weighted by Crippen LogP contribution is -2.36. The minimum absolute atomic E-state index is 0.105. The Morgan fingerprint density at radius 2 is 1.80 bits per heavy atom. The second-order valence-corrected chi connectivity index (χ2v) is 6.58. The number of halogens is 1. The zero-order valence-corrected chi connectivity index (χ0v) is 16.7. The maximum atomic E-state index is 13.8. The van der Waals surface area contributed by atoms with Crippen LogP contribution in [0.3, 0.4) is 0 Å². The predicted molar refractivity (Wildman–Crippen MR) is 109 cm³/mol. The van der Waals surface area contributed by atoms with E-state index in [0.29, 0.717) is 13.0 Å². The summed E-state index contributed by atoms with van der Waals surface area (Å²) < 4.78 is 29.5. The first-order chi connectivity index (χ1) is 14.5. The Kier molecular flexibility index (Phi) is 6.85. The normalized spacial score (nSPS) is 11.6. The summed E-state index contributed by atoms with van der Waals surface area (Å²) in [6.07, 6.45) is -0.379. The zero-order valence-electron chi connectivity index (χ0n) is 16.7. The summed E-state index contributed by atoms with van der Waals surface area (Å²) in [6, 6.07) is 16.5. The molecule has 6 nitrogen and oxygen atoms in total. The highest BCUT2D eigenvalue weighted by Crippen LogP contribution is 2.25. The Bertz CT molecular complexity index is 1010. The van der Waals surface area contributed by atoms with Crippen molar-refractivity contribution in [1.29, 1.82) is 0 Å². The lowest BCUT2D eigenvalue weighted by Gasteiger charge is -2.13. The summed E-state index contributed by atoms with van der Waals surface area (Å²) in [5, 5.41) is 2.73. The largest absolute Gasteiger partial charge is 0.497 e. The number of methoxy groups -OCH3 is 1. The highest BCUT2D eigenvalue weighted by molar-refractivity contribution is 5.90. The Labute approximate surface area is 173 Å². The number of nitrogens with one attached hydrogen (secondary N) is 1. The van der Waals surface area contributed by atoms with Crippen molar-refractivity contribution in [3.05, 3.63) is 77.8 Å². The summed E-state index contributed by atoms with van der Waals surface area (Å²) in [5.41, 5.74) is 1.28. The highest BCUT2D eigenvalue weighted by atomic mass is 19.1. The molecule has 156 valence electrons. The van der Waals surface area contributed by atoms with Crippen molar-refractivity contribution < 1.29 is 27.9 Å².